The first kappa shape index (κ1) is 15.4. The Hall–Kier alpha value is -1.63. The first-order chi connectivity index (χ1) is 9.15. The van der Waals surface area contributed by atoms with Crippen LogP contribution in [0.1, 0.15) is 27.7 Å². The second-order valence-corrected chi connectivity index (χ2v) is 3.96. The van der Waals surface area contributed by atoms with Gasteiger partial charge in [0, 0.05) is 6.54 Å². The minimum atomic E-state index is 0.179. The standard InChI is InChI=1S/C12H22N4O3/c1-5-13-10-14-11(17-6-2)16-12(15-10)19-8-7-18-9(3)4/h9H,5-8H2,1-4H3,(H,13,14,15,16). The van der Waals surface area contributed by atoms with Crippen LogP contribution in [0.3, 0.4) is 0 Å². The highest BCUT2D eigenvalue weighted by molar-refractivity contribution is 5.27. The van der Waals surface area contributed by atoms with Crippen LogP contribution in [0.2, 0.25) is 0 Å². The van der Waals surface area contributed by atoms with Crippen molar-refractivity contribution in [1.82, 2.24) is 15.0 Å². The molecule has 7 heteroatoms. The van der Waals surface area contributed by atoms with Gasteiger partial charge < -0.3 is 19.5 Å². The van der Waals surface area contributed by atoms with Crippen molar-refractivity contribution in [1.29, 1.82) is 0 Å². The fourth-order valence-electron chi connectivity index (χ4n) is 1.25. The van der Waals surface area contributed by atoms with Crippen molar-refractivity contribution in [3.63, 3.8) is 0 Å². The number of nitrogens with zero attached hydrogens (tertiary/aromatic N) is 3. The lowest BCUT2D eigenvalue weighted by Crippen LogP contribution is -2.14. The molecule has 0 saturated heterocycles. The van der Waals surface area contributed by atoms with Crippen molar-refractivity contribution in [2.45, 2.75) is 33.8 Å². The van der Waals surface area contributed by atoms with Gasteiger partial charge >= 0.3 is 12.0 Å². The van der Waals surface area contributed by atoms with Crippen molar-refractivity contribution < 1.29 is 14.2 Å². The summed E-state index contributed by atoms with van der Waals surface area (Å²) in [7, 11) is 0. The van der Waals surface area contributed by atoms with Crippen LogP contribution in [0.5, 0.6) is 12.0 Å². The monoisotopic (exact) mass is 270 g/mol. The number of anilines is 1. The molecule has 0 aromatic carbocycles. The molecule has 7 nitrogen and oxygen atoms in total. The van der Waals surface area contributed by atoms with Crippen LogP contribution in [0.15, 0.2) is 0 Å². The van der Waals surface area contributed by atoms with Crippen LogP contribution < -0.4 is 14.8 Å². The quantitative estimate of drug-likeness (QED) is 0.681. The van der Waals surface area contributed by atoms with Crippen LogP contribution in [0.4, 0.5) is 5.95 Å². The zero-order chi connectivity index (χ0) is 14.1. The van der Waals surface area contributed by atoms with E-state index in [0.29, 0.717) is 32.3 Å². The van der Waals surface area contributed by atoms with E-state index < -0.39 is 0 Å². The summed E-state index contributed by atoms with van der Waals surface area (Å²) in [5.41, 5.74) is 0. The molecule has 1 aromatic rings. The molecular weight excluding hydrogens is 248 g/mol. The Bertz CT molecular complexity index is 350. The van der Waals surface area contributed by atoms with Crippen LogP contribution in [0.25, 0.3) is 0 Å². The Morgan fingerprint density at radius 1 is 1.00 bits per heavy atom. The molecule has 0 aliphatic heterocycles. The van der Waals surface area contributed by atoms with Gasteiger partial charge in [0.2, 0.25) is 5.95 Å². The molecule has 1 heterocycles. The van der Waals surface area contributed by atoms with E-state index in [1.807, 2.05) is 27.7 Å². The molecule has 0 amide bonds. The van der Waals surface area contributed by atoms with Gasteiger partial charge in [-0.15, -0.1) is 4.98 Å². The summed E-state index contributed by atoms with van der Waals surface area (Å²) in [4.78, 5) is 12.3. The van der Waals surface area contributed by atoms with Crippen LogP contribution in [-0.4, -0.2) is 47.4 Å². The zero-order valence-electron chi connectivity index (χ0n) is 12.0. The molecule has 0 aliphatic carbocycles. The third kappa shape index (κ3) is 6.19. The van der Waals surface area contributed by atoms with Gasteiger partial charge in [-0.05, 0) is 27.7 Å². The summed E-state index contributed by atoms with van der Waals surface area (Å²) in [5.74, 6) is 0.445. The predicted molar refractivity (Wildman–Crippen MR) is 71.7 cm³/mol. The largest absolute Gasteiger partial charge is 0.464 e. The van der Waals surface area contributed by atoms with E-state index in [9.17, 15) is 0 Å². The lowest BCUT2D eigenvalue weighted by Gasteiger charge is -2.10. The Labute approximate surface area is 113 Å². The number of rotatable bonds is 9. The summed E-state index contributed by atoms with van der Waals surface area (Å²) in [6.07, 6.45) is 0.179. The highest BCUT2D eigenvalue weighted by atomic mass is 16.5. The number of aromatic nitrogens is 3. The zero-order valence-corrected chi connectivity index (χ0v) is 12.0. The number of hydrogen-bond donors (Lipinski definition) is 1. The van der Waals surface area contributed by atoms with Crippen molar-refractivity contribution >= 4 is 5.95 Å². The molecule has 1 N–H and O–H groups in total. The molecule has 0 saturated carbocycles. The van der Waals surface area contributed by atoms with Gasteiger partial charge in [-0.25, -0.2) is 0 Å². The Kier molecular flexibility index (Phi) is 6.88. The van der Waals surface area contributed by atoms with E-state index in [4.69, 9.17) is 14.2 Å². The summed E-state index contributed by atoms with van der Waals surface area (Å²) in [5, 5.41) is 3.00. The van der Waals surface area contributed by atoms with Crippen molar-refractivity contribution in [3.05, 3.63) is 0 Å². The van der Waals surface area contributed by atoms with Gasteiger partial charge in [-0.3, -0.25) is 0 Å². The smallest absolute Gasteiger partial charge is 0.324 e. The minimum Gasteiger partial charge on any atom is -0.464 e. The fraction of sp³-hybridized carbons (Fsp3) is 0.750. The predicted octanol–water partition coefficient (Wildman–Crippen LogP) is 1.51. The number of hydrogen-bond acceptors (Lipinski definition) is 7. The molecule has 0 atom stereocenters. The summed E-state index contributed by atoms with van der Waals surface area (Å²) in [6, 6.07) is 0.495. The number of nitrogens with one attached hydrogen (secondary N) is 1. The van der Waals surface area contributed by atoms with E-state index >= 15 is 0 Å². The van der Waals surface area contributed by atoms with E-state index in [1.54, 1.807) is 0 Å². The topological polar surface area (TPSA) is 78.4 Å². The molecule has 0 spiro atoms. The van der Waals surface area contributed by atoms with Crippen molar-refractivity contribution in [2.75, 3.05) is 31.7 Å². The lowest BCUT2D eigenvalue weighted by molar-refractivity contribution is 0.0528. The second-order valence-electron chi connectivity index (χ2n) is 3.96. The molecule has 0 fully saturated rings. The second kappa shape index (κ2) is 8.47. The van der Waals surface area contributed by atoms with Crippen molar-refractivity contribution in [2.24, 2.45) is 0 Å². The third-order valence-electron chi connectivity index (χ3n) is 1.97. The van der Waals surface area contributed by atoms with Crippen LogP contribution in [-0.2, 0) is 4.74 Å². The SMILES string of the molecule is CCNc1nc(OCC)nc(OCCOC(C)C)n1. The molecule has 0 radical (unpaired) electrons. The average Bonchev–Trinajstić information content (AvgIpc) is 2.35. The first-order valence-electron chi connectivity index (χ1n) is 6.52. The van der Waals surface area contributed by atoms with Gasteiger partial charge in [0.15, 0.2) is 0 Å². The maximum absolute atomic E-state index is 5.42. The molecule has 0 bridgehead atoms. The van der Waals surface area contributed by atoms with E-state index in [-0.39, 0.29) is 18.1 Å². The summed E-state index contributed by atoms with van der Waals surface area (Å²) < 4.78 is 16.1. The normalized spacial score (nSPS) is 10.6. The molecule has 108 valence electrons. The van der Waals surface area contributed by atoms with Gasteiger partial charge in [0.25, 0.3) is 0 Å². The maximum Gasteiger partial charge on any atom is 0.324 e. The van der Waals surface area contributed by atoms with Crippen LogP contribution >= 0.6 is 0 Å². The maximum atomic E-state index is 5.42. The van der Waals surface area contributed by atoms with E-state index in [2.05, 4.69) is 20.3 Å². The Morgan fingerprint density at radius 2 is 1.68 bits per heavy atom. The minimum absolute atomic E-state index is 0.179. The van der Waals surface area contributed by atoms with Crippen LogP contribution in [0, 0.1) is 0 Å². The summed E-state index contributed by atoms with van der Waals surface area (Å²) >= 11 is 0. The molecular formula is C12H22N4O3. The van der Waals surface area contributed by atoms with Gasteiger partial charge in [0.05, 0.1) is 19.3 Å². The van der Waals surface area contributed by atoms with Gasteiger partial charge in [0.1, 0.15) is 6.61 Å². The molecule has 0 aliphatic rings. The summed E-state index contributed by atoms with van der Waals surface area (Å²) in [6.45, 7) is 9.85. The molecule has 19 heavy (non-hydrogen) atoms. The average molecular weight is 270 g/mol. The highest BCUT2D eigenvalue weighted by Gasteiger charge is 2.07. The molecule has 0 unspecified atom stereocenters. The number of ether oxygens (including phenoxy) is 3. The Balaban J connectivity index is 2.59. The van der Waals surface area contributed by atoms with E-state index in [0.717, 1.165) is 0 Å². The van der Waals surface area contributed by atoms with E-state index in [1.165, 1.54) is 0 Å². The van der Waals surface area contributed by atoms with Gasteiger partial charge in [-0.2, -0.15) is 9.97 Å². The van der Waals surface area contributed by atoms with Crippen molar-refractivity contribution in [3.8, 4) is 12.0 Å². The molecule has 1 rings (SSSR count). The highest BCUT2D eigenvalue weighted by Crippen LogP contribution is 2.12. The lowest BCUT2D eigenvalue weighted by atomic mass is 10.5. The van der Waals surface area contributed by atoms with Gasteiger partial charge in [-0.1, -0.05) is 0 Å². The molecule has 1 aromatic heterocycles. The Morgan fingerprint density at radius 3 is 2.26 bits per heavy atom. The third-order valence-corrected chi connectivity index (χ3v) is 1.97. The fourth-order valence-corrected chi connectivity index (χ4v) is 1.25. The first-order valence-corrected chi connectivity index (χ1v) is 6.52.